The minimum Gasteiger partial charge on any atom is -0.508 e. The first kappa shape index (κ1) is 34.7. The molecule has 10 nitrogen and oxygen atoms in total. The lowest BCUT2D eigenvalue weighted by Crippen LogP contribution is -2.56. The Morgan fingerprint density at radius 2 is 1.65 bits per heavy atom. The molecule has 226 valence electrons. The number of nitrogens with zero attached hydrogens (tertiary/aromatic N) is 1. The van der Waals surface area contributed by atoms with E-state index in [1.807, 2.05) is 20.8 Å². The van der Waals surface area contributed by atoms with Crippen LogP contribution in [0.15, 0.2) is 24.3 Å². The molecule has 1 aromatic carbocycles. The molecule has 0 bridgehead atoms. The Labute approximate surface area is 239 Å². The van der Waals surface area contributed by atoms with Crippen molar-refractivity contribution in [2.75, 3.05) is 0 Å². The van der Waals surface area contributed by atoms with Crippen molar-refractivity contribution in [2.24, 2.45) is 11.7 Å². The van der Waals surface area contributed by atoms with E-state index in [0.717, 1.165) is 19.3 Å². The quantitative estimate of drug-likeness (QED) is 0.246. The molecule has 0 aromatic heterocycles. The fraction of sp³-hybridized carbons (Fsp3) is 0.667. The van der Waals surface area contributed by atoms with E-state index in [1.165, 1.54) is 17.0 Å². The average Bonchev–Trinajstić information content (AvgIpc) is 2.81. The maximum absolute atomic E-state index is 14.3. The number of ether oxygens (including phenoxy) is 1. The molecule has 0 aliphatic rings. The lowest BCUT2D eigenvalue weighted by molar-refractivity contribution is -0.145. The van der Waals surface area contributed by atoms with Gasteiger partial charge in [-0.15, -0.1) is 0 Å². The lowest BCUT2D eigenvalue weighted by atomic mass is 9.96. The summed E-state index contributed by atoms with van der Waals surface area (Å²) in [6.07, 6.45) is 1.94. The highest BCUT2D eigenvalue weighted by Gasteiger charge is 2.39. The molecule has 1 aromatic rings. The van der Waals surface area contributed by atoms with E-state index < -0.39 is 47.5 Å². The number of phenolic OH excluding ortho intramolecular Hbond substituents is 1. The second-order valence-corrected chi connectivity index (χ2v) is 12.0. The molecule has 4 atom stereocenters. The van der Waals surface area contributed by atoms with Gasteiger partial charge in [0.1, 0.15) is 23.4 Å². The van der Waals surface area contributed by atoms with Gasteiger partial charge >= 0.3 is 6.09 Å². The van der Waals surface area contributed by atoms with Crippen molar-refractivity contribution in [3.8, 4) is 5.75 Å². The average molecular weight is 563 g/mol. The van der Waals surface area contributed by atoms with Crippen molar-refractivity contribution in [1.29, 1.82) is 0 Å². The van der Waals surface area contributed by atoms with Crippen LogP contribution in [0, 0.1) is 5.92 Å². The van der Waals surface area contributed by atoms with E-state index in [0.29, 0.717) is 17.9 Å². The largest absolute Gasteiger partial charge is 0.508 e. The van der Waals surface area contributed by atoms with E-state index in [-0.39, 0.29) is 24.6 Å². The standard InChI is InChI=1S/C30H50N4O6/c1-9-11-20(4)32-27(37)26(22-12-10-13-23(35)18-22)34(21(5)15-14-19(2)3)28(38)24(16-17-25(31)36)33-29(39)40-30(6,7)8/h10,12-13,18-21,24,26,35H,9,11,14-17H2,1-8H3,(H2,31,36)(H,32,37)(H,33,39). The Bertz CT molecular complexity index is 991. The fourth-order valence-corrected chi connectivity index (χ4v) is 4.45. The first-order chi connectivity index (χ1) is 18.5. The number of aromatic hydroxyl groups is 1. The van der Waals surface area contributed by atoms with Gasteiger partial charge in [-0.3, -0.25) is 14.4 Å². The summed E-state index contributed by atoms with van der Waals surface area (Å²) in [4.78, 5) is 54.0. The van der Waals surface area contributed by atoms with Gasteiger partial charge in [0, 0.05) is 18.5 Å². The molecule has 40 heavy (non-hydrogen) atoms. The maximum Gasteiger partial charge on any atom is 0.408 e. The molecule has 10 heteroatoms. The van der Waals surface area contributed by atoms with Gasteiger partial charge in [0.2, 0.25) is 17.7 Å². The molecule has 0 aliphatic carbocycles. The Kier molecular flexibility index (Phi) is 14.0. The Morgan fingerprint density at radius 3 is 2.17 bits per heavy atom. The molecule has 5 N–H and O–H groups in total. The molecule has 4 amide bonds. The molecule has 0 radical (unpaired) electrons. The first-order valence-corrected chi connectivity index (χ1v) is 14.2. The summed E-state index contributed by atoms with van der Waals surface area (Å²) in [6, 6.07) is 3.41. The number of nitrogens with one attached hydrogen (secondary N) is 2. The number of carbonyl (C=O) groups excluding carboxylic acids is 4. The summed E-state index contributed by atoms with van der Waals surface area (Å²) in [5, 5.41) is 15.9. The van der Waals surface area contributed by atoms with Gasteiger partial charge < -0.3 is 31.1 Å². The van der Waals surface area contributed by atoms with Crippen molar-refractivity contribution in [3.05, 3.63) is 29.8 Å². The molecule has 1 rings (SSSR count). The predicted molar refractivity (Wildman–Crippen MR) is 155 cm³/mol. The molecular weight excluding hydrogens is 512 g/mol. The fourth-order valence-electron chi connectivity index (χ4n) is 4.45. The first-order valence-electron chi connectivity index (χ1n) is 14.2. The minimum absolute atomic E-state index is 0.0451. The van der Waals surface area contributed by atoms with Crippen LogP contribution in [0.25, 0.3) is 0 Å². The third-order valence-electron chi connectivity index (χ3n) is 6.38. The molecule has 4 unspecified atom stereocenters. The van der Waals surface area contributed by atoms with Crippen LogP contribution in [0.2, 0.25) is 0 Å². The number of primary amides is 1. The topological polar surface area (TPSA) is 151 Å². The number of benzene rings is 1. The number of hydrogen-bond donors (Lipinski definition) is 4. The number of nitrogens with two attached hydrogens (primary N) is 1. The zero-order valence-corrected chi connectivity index (χ0v) is 25.5. The molecular formula is C30H50N4O6. The van der Waals surface area contributed by atoms with Crippen molar-refractivity contribution in [1.82, 2.24) is 15.5 Å². The van der Waals surface area contributed by atoms with Gasteiger partial charge in [-0.25, -0.2) is 4.79 Å². The smallest absolute Gasteiger partial charge is 0.408 e. The van der Waals surface area contributed by atoms with Crippen LogP contribution in [-0.4, -0.2) is 57.5 Å². The van der Waals surface area contributed by atoms with Crippen LogP contribution in [0.3, 0.4) is 0 Å². The van der Waals surface area contributed by atoms with Crippen LogP contribution in [0.5, 0.6) is 5.75 Å². The second-order valence-electron chi connectivity index (χ2n) is 12.0. The summed E-state index contributed by atoms with van der Waals surface area (Å²) in [7, 11) is 0. The molecule has 0 saturated carbocycles. The number of alkyl carbamates (subject to hydrolysis) is 1. The third kappa shape index (κ3) is 12.3. The van der Waals surface area contributed by atoms with Gasteiger partial charge in [-0.1, -0.05) is 39.3 Å². The number of phenols is 1. The van der Waals surface area contributed by atoms with Crippen LogP contribution in [0.1, 0.15) is 106 Å². The van der Waals surface area contributed by atoms with E-state index in [4.69, 9.17) is 10.5 Å². The lowest BCUT2D eigenvalue weighted by Gasteiger charge is -2.39. The van der Waals surface area contributed by atoms with E-state index >= 15 is 0 Å². The Hall–Kier alpha value is -3.30. The van der Waals surface area contributed by atoms with Gasteiger partial charge in [0.15, 0.2) is 0 Å². The number of rotatable bonds is 15. The highest BCUT2D eigenvalue weighted by Crippen LogP contribution is 2.30. The summed E-state index contributed by atoms with van der Waals surface area (Å²) in [5.41, 5.74) is 5.00. The second kappa shape index (κ2) is 16.1. The number of carbonyl (C=O) groups is 4. The minimum atomic E-state index is -1.18. The number of amides is 4. The van der Waals surface area contributed by atoms with Gasteiger partial charge in [-0.2, -0.15) is 0 Å². The van der Waals surface area contributed by atoms with Crippen LogP contribution < -0.4 is 16.4 Å². The summed E-state index contributed by atoms with van der Waals surface area (Å²) in [6.45, 7) is 15.0. The van der Waals surface area contributed by atoms with Crippen molar-refractivity contribution >= 4 is 23.8 Å². The summed E-state index contributed by atoms with van der Waals surface area (Å²) in [5.74, 6) is -1.27. The SMILES string of the molecule is CCCC(C)NC(=O)C(c1cccc(O)c1)N(C(=O)C(CCC(N)=O)NC(=O)OC(C)(C)C)C(C)CCC(C)C. The van der Waals surface area contributed by atoms with Crippen LogP contribution in [0.4, 0.5) is 4.79 Å². The highest BCUT2D eigenvalue weighted by molar-refractivity contribution is 5.92. The van der Waals surface area contributed by atoms with Crippen molar-refractivity contribution < 1.29 is 29.0 Å². The van der Waals surface area contributed by atoms with Gasteiger partial charge in [0.25, 0.3) is 0 Å². The highest BCUT2D eigenvalue weighted by atomic mass is 16.6. The molecule has 0 saturated heterocycles. The van der Waals surface area contributed by atoms with E-state index in [9.17, 15) is 24.3 Å². The molecule has 0 aliphatic heterocycles. The van der Waals surface area contributed by atoms with Crippen LogP contribution in [-0.2, 0) is 19.1 Å². The van der Waals surface area contributed by atoms with Crippen molar-refractivity contribution in [2.45, 2.75) is 124 Å². The summed E-state index contributed by atoms with van der Waals surface area (Å²) >= 11 is 0. The molecule has 0 spiro atoms. The van der Waals surface area contributed by atoms with E-state index in [1.54, 1.807) is 32.9 Å². The Balaban J connectivity index is 3.65. The number of hydrogen-bond acceptors (Lipinski definition) is 6. The molecule has 0 heterocycles. The van der Waals surface area contributed by atoms with Crippen molar-refractivity contribution in [3.63, 3.8) is 0 Å². The van der Waals surface area contributed by atoms with Crippen LogP contribution >= 0.6 is 0 Å². The third-order valence-corrected chi connectivity index (χ3v) is 6.38. The van der Waals surface area contributed by atoms with Gasteiger partial charge in [0.05, 0.1) is 0 Å². The van der Waals surface area contributed by atoms with Gasteiger partial charge in [-0.05, 0) is 83.9 Å². The molecule has 0 fully saturated rings. The zero-order valence-electron chi connectivity index (χ0n) is 25.5. The monoisotopic (exact) mass is 562 g/mol. The maximum atomic E-state index is 14.3. The predicted octanol–water partition coefficient (Wildman–Crippen LogP) is 4.55. The normalized spacial score (nSPS) is 14.5. The Morgan fingerprint density at radius 1 is 1.00 bits per heavy atom. The summed E-state index contributed by atoms with van der Waals surface area (Å²) < 4.78 is 5.38. The van der Waals surface area contributed by atoms with E-state index in [2.05, 4.69) is 24.5 Å². The zero-order chi connectivity index (χ0) is 30.6.